The summed E-state index contributed by atoms with van der Waals surface area (Å²) in [5, 5.41) is 3.16. The summed E-state index contributed by atoms with van der Waals surface area (Å²) in [5.74, 6) is 0.570. The summed E-state index contributed by atoms with van der Waals surface area (Å²) in [6.45, 7) is 5.52. The van der Waals surface area contributed by atoms with E-state index in [9.17, 15) is 4.39 Å². The summed E-state index contributed by atoms with van der Waals surface area (Å²) < 4.78 is 19.5. The molecule has 2 nitrogen and oxygen atoms in total. The number of hydrogen-bond acceptors (Lipinski definition) is 2. The Morgan fingerprint density at radius 1 is 1.16 bits per heavy atom. The summed E-state index contributed by atoms with van der Waals surface area (Å²) >= 11 is 0. The molecule has 0 amide bonds. The number of nitrogens with one attached hydrogen (secondary N) is 1. The number of rotatable bonds is 5. The molecule has 2 aromatic rings. The zero-order valence-corrected chi connectivity index (χ0v) is 11.2. The first kappa shape index (κ1) is 13.6. The minimum absolute atomic E-state index is 0.255. The first-order valence-corrected chi connectivity index (χ1v) is 6.42. The van der Waals surface area contributed by atoms with Crippen LogP contribution in [-0.2, 0) is 6.54 Å². The largest absolute Gasteiger partial charge is 0.454 e. The Hall–Kier alpha value is -1.87. The van der Waals surface area contributed by atoms with Crippen molar-refractivity contribution in [2.24, 2.45) is 0 Å². The second-order valence-corrected chi connectivity index (χ2v) is 4.46. The highest BCUT2D eigenvalue weighted by molar-refractivity contribution is 5.36. The van der Waals surface area contributed by atoms with Crippen LogP contribution in [0.4, 0.5) is 4.39 Å². The Morgan fingerprint density at radius 3 is 2.68 bits per heavy atom. The molecule has 0 spiro atoms. The molecule has 0 fully saturated rings. The topological polar surface area (TPSA) is 21.3 Å². The number of benzene rings is 2. The summed E-state index contributed by atoms with van der Waals surface area (Å²) in [4.78, 5) is 0. The molecule has 0 aliphatic rings. The SMILES string of the molecule is CCNCc1ccc(Oc2cccc(C)c2)c(F)c1. The lowest BCUT2D eigenvalue weighted by atomic mass is 10.2. The lowest BCUT2D eigenvalue weighted by molar-refractivity contribution is 0.441. The van der Waals surface area contributed by atoms with Gasteiger partial charge in [0.05, 0.1) is 0 Å². The maximum Gasteiger partial charge on any atom is 0.166 e. The van der Waals surface area contributed by atoms with Crippen LogP contribution in [0.5, 0.6) is 11.5 Å². The lowest BCUT2D eigenvalue weighted by Crippen LogP contribution is -2.11. The van der Waals surface area contributed by atoms with Crippen molar-refractivity contribution in [3.63, 3.8) is 0 Å². The molecule has 0 atom stereocenters. The molecule has 3 heteroatoms. The predicted molar refractivity (Wildman–Crippen MR) is 75.0 cm³/mol. The van der Waals surface area contributed by atoms with E-state index in [1.54, 1.807) is 6.07 Å². The van der Waals surface area contributed by atoms with Crippen molar-refractivity contribution in [2.75, 3.05) is 6.54 Å². The van der Waals surface area contributed by atoms with Crippen molar-refractivity contribution < 1.29 is 9.13 Å². The molecule has 0 radical (unpaired) electrons. The second-order valence-electron chi connectivity index (χ2n) is 4.46. The number of halogens is 1. The van der Waals surface area contributed by atoms with Crippen LogP contribution < -0.4 is 10.1 Å². The Morgan fingerprint density at radius 2 is 2.00 bits per heavy atom. The molecule has 0 aromatic heterocycles. The third kappa shape index (κ3) is 3.80. The van der Waals surface area contributed by atoms with Crippen LogP contribution in [0, 0.1) is 12.7 Å². The molecule has 2 aromatic carbocycles. The van der Waals surface area contributed by atoms with E-state index in [1.807, 2.05) is 44.2 Å². The van der Waals surface area contributed by atoms with E-state index in [0.29, 0.717) is 12.3 Å². The first-order chi connectivity index (χ1) is 9.19. The van der Waals surface area contributed by atoms with Gasteiger partial charge in [0.1, 0.15) is 5.75 Å². The summed E-state index contributed by atoms with van der Waals surface area (Å²) in [7, 11) is 0. The maximum absolute atomic E-state index is 13.9. The number of hydrogen-bond donors (Lipinski definition) is 1. The van der Waals surface area contributed by atoms with E-state index in [4.69, 9.17) is 4.74 Å². The summed E-state index contributed by atoms with van der Waals surface area (Å²) in [6.07, 6.45) is 0. The van der Waals surface area contributed by atoms with E-state index in [1.165, 1.54) is 6.07 Å². The molecule has 0 heterocycles. The average Bonchev–Trinajstić information content (AvgIpc) is 2.39. The Balaban J connectivity index is 2.13. The average molecular weight is 259 g/mol. The summed E-state index contributed by atoms with van der Waals surface area (Å²) in [5.41, 5.74) is 2.00. The standard InChI is InChI=1S/C16H18FNO/c1-3-18-11-13-7-8-16(15(17)10-13)19-14-6-4-5-12(2)9-14/h4-10,18H,3,11H2,1-2H3. The van der Waals surface area contributed by atoms with Gasteiger partial charge in [0.15, 0.2) is 11.6 Å². The van der Waals surface area contributed by atoms with Gasteiger partial charge >= 0.3 is 0 Å². The van der Waals surface area contributed by atoms with E-state index < -0.39 is 0 Å². The van der Waals surface area contributed by atoms with Crippen LogP contribution in [-0.4, -0.2) is 6.54 Å². The quantitative estimate of drug-likeness (QED) is 0.875. The van der Waals surface area contributed by atoms with Gasteiger partial charge in [-0.15, -0.1) is 0 Å². The molecular weight excluding hydrogens is 241 g/mol. The first-order valence-electron chi connectivity index (χ1n) is 6.42. The normalized spacial score (nSPS) is 10.5. The molecule has 19 heavy (non-hydrogen) atoms. The highest BCUT2D eigenvalue weighted by atomic mass is 19.1. The van der Waals surface area contributed by atoms with Gasteiger partial charge in [-0.05, 0) is 48.9 Å². The van der Waals surface area contributed by atoms with Gasteiger partial charge in [0.25, 0.3) is 0 Å². The van der Waals surface area contributed by atoms with Gasteiger partial charge in [-0.25, -0.2) is 4.39 Å². The van der Waals surface area contributed by atoms with Crippen LogP contribution in [0.1, 0.15) is 18.1 Å². The van der Waals surface area contributed by atoms with Crippen molar-refractivity contribution in [1.82, 2.24) is 5.32 Å². The van der Waals surface area contributed by atoms with Crippen molar-refractivity contribution >= 4 is 0 Å². The van der Waals surface area contributed by atoms with Gasteiger partial charge in [-0.3, -0.25) is 0 Å². The van der Waals surface area contributed by atoms with E-state index in [2.05, 4.69) is 5.32 Å². The fourth-order valence-electron chi connectivity index (χ4n) is 1.81. The van der Waals surface area contributed by atoms with Crippen LogP contribution in [0.15, 0.2) is 42.5 Å². The monoisotopic (exact) mass is 259 g/mol. The fourth-order valence-corrected chi connectivity index (χ4v) is 1.81. The molecule has 2 rings (SSSR count). The van der Waals surface area contributed by atoms with Crippen molar-refractivity contribution in [3.05, 3.63) is 59.4 Å². The Labute approximate surface area is 113 Å². The molecule has 100 valence electrons. The minimum Gasteiger partial charge on any atom is -0.454 e. The highest BCUT2D eigenvalue weighted by Crippen LogP contribution is 2.25. The van der Waals surface area contributed by atoms with Crippen LogP contribution in [0.2, 0.25) is 0 Å². The second kappa shape index (κ2) is 6.34. The van der Waals surface area contributed by atoms with Gasteiger partial charge in [-0.1, -0.05) is 25.1 Å². The van der Waals surface area contributed by atoms with Crippen LogP contribution in [0.25, 0.3) is 0 Å². The molecule has 0 aliphatic heterocycles. The molecule has 0 saturated carbocycles. The molecule has 0 aliphatic carbocycles. The maximum atomic E-state index is 13.9. The molecule has 0 saturated heterocycles. The lowest BCUT2D eigenvalue weighted by Gasteiger charge is -2.09. The minimum atomic E-state index is -0.336. The zero-order chi connectivity index (χ0) is 13.7. The molecular formula is C16H18FNO. The zero-order valence-electron chi connectivity index (χ0n) is 11.2. The van der Waals surface area contributed by atoms with E-state index >= 15 is 0 Å². The highest BCUT2D eigenvalue weighted by Gasteiger charge is 2.06. The molecule has 1 N–H and O–H groups in total. The van der Waals surface area contributed by atoms with Gasteiger partial charge < -0.3 is 10.1 Å². The van der Waals surface area contributed by atoms with Crippen molar-refractivity contribution in [3.8, 4) is 11.5 Å². The fraction of sp³-hybridized carbons (Fsp3) is 0.250. The Bertz CT molecular complexity index is 554. The number of ether oxygens (including phenoxy) is 1. The van der Waals surface area contributed by atoms with Gasteiger partial charge in [-0.2, -0.15) is 0 Å². The van der Waals surface area contributed by atoms with Gasteiger partial charge in [0.2, 0.25) is 0 Å². The van der Waals surface area contributed by atoms with Crippen LogP contribution in [0.3, 0.4) is 0 Å². The van der Waals surface area contributed by atoms with Crippen molar-refractivity contribution in [1.29, 1.82) is 0 Å². The van der Waals surface area contributed by atoms with Gasteiger partial charge in [0, 0.05) is 6.54 Å². The summed E-state index contributed by atoms with van der Waals surface area (Å²) in [6, 6.07) is 12.6. The molecule has 0 bridgehead atoms. The predicted octanol–water partition coefficient (Wildman–Crippen LogP) is 4.04. The van der Waals surface area contributed by atoms with E-state index in [-0.39, 0.29) is 11.6 Å². The van der Waals surface area contributed by atoms with E-state index in [0.717, 1.165) is 17.7 Å². The van der Waals surface area contributed by atoms with Crippen LogP contribution >= 0.6 is 0 Å². The smallest absolute Gasteiger partial charge is 0.166 e. The number of aryl methyl sites for hydroxylation is 1. The third-order valence-electron chi connectivity index (χ3n) is 2.79. The van der Waals surface area contributed by atoms with Crippen molar-refractivity contribution in [2.45, 2.75) is 20.4 Å². The third-order valence-corrected chi connectivity index (χ3v) is 2.79. The molecule has 0 unspecified atom stereocenters. The Kier molecular flexibility index (Phi) is 4.53.